The van der Waals surface area contributed by atoms with Gasteiger partial charge < -0.3 is 15.4 Å². The fraction of sp³-hybridized carbons (Fsp3) is 0.647. The molecule has 2 aliphatic heterocycles. The first kappa shape index (κ1) is 13.9. The van der Waals surface area contributed by atoms with Crippen LogP contribution in [0.5, 0.6) is 5.75 Å². The Kier molecular flexibility index (Phi) is 4.58. The third-order valence-corrected chi connectivity index (χ3v) is 4.84. The zero-order chi connectivity index (χ0) is 13.8. The van der Waals surface area contributed by atoms with Crippen LogP contribution in [0.25, 0.3) is 0 Å². The van der Waals surface area contributed by atoms with Crippen molar-refractivity contribution in [3.8, 4) is 5.75 Å². The summed E-state index contributed by atoms with van der Waals surface area (Å²) >= 11 is 0. The molecule has 2 aliphatic rings. The predicted octanol–water partition coefficient (Wildman–Crippen LogP) is 2.61. The summed E-state index contributed by atoms with van der Waals surface area (Å²) in [6.45, 7) is 5.38. The third kappa shape index (κ3) is 3.15. The van der Waals surface area contributed by atoms with E-state index in [9.17, 15) is 0 Å². The van der Waals surface area contributed by atoms with Crippen LogP contribution in [0.2, 0.25) is 0 Å². The number of piperidine rings is 1. The van der Waals surface area contributed by atoms with Crippen molar-refractivity contribution < 1.29 is 4.74 Å². The predicted molar refractivity (Wildman–Crippen MR) is 82.1 cm³/mol. The number of hydrogen-bond donors (Lipinski definition) is 1. The van der Waals surface area contributed by atoms with Crippen LogP contribution in [-0.2, 0) is 0 Å². The van der Waals surface area contributed by atoms with Gasteiger partial charge in [-0.15, -0.1) is 0 Å². The van der Waals surface area contributed by atoms with Crippen molar-refractivity contribution in [2.45, 2.75) is 31.6 Å². The van der Waals surface area contributed by atoms with Gasteiger partial charge in [0.15, 0.2) is 0 Å². The summed E-state index contributed by atoms with van der Waals surface area (Å²) in [5.41, 5.74) is 7.07. The number of nitrogens with zero attached hydrogens (tertiary/aromatic N) is 1. The second-order valence-electron chi connectivity index (χ2n) is 6.19. The lowest BCUT2D eigenvalue weighted by molar-refractivity contribution is 0.157. The minimum absolute atomic E-state index is 0.644. The van der Waals surface area contributed by atoms with Crippen LogP contribution in [0.3, 0.4) is 0 Å². The fourth-order valence-corrected chi connectivity index (χ4v) is 3.61. The molecule has 2 heterocycles. The van der Waals surface area contributed by atoms with Crippen LogP contribution in [0.15, 0.2) is 24.3 Å². The van der Waals surface area contributed by atoms with Gasteiger partial charge in [0.1, 0.15) is 5.75 Å². The second kappa shape index (κ2) is 6.59. The van der Waals surface area contributed by atoms with Gasteiger partial charge in [-0.2, -0.15) is 0 Å². The molecule has 0 bridgehead atoms. The number of hydrogen-bond acceptors (Lipinski definition) is 3. The molecule has 0 spiro atoms. The minimum atomic E-state index is 0.644. The lowest BCUT2D eigenvalue weighted by Crippen LogP contribution is -2.38. The summed E-state index contributed by atoms with van der Waals surface area (Å²) in [4.78, 5) is 2.64. The molecule has 3 nitrogen and oxygen atoms in total. The van der Waals surface area contributed by atoms with Gasteiger partial charge in [-0.05, 0) is 62.9 Å². The van der Waals surface area contributed by atoms with Crippen LogP contribution < -0.4 is 10.5 Å². The SMILES string of the molecule is NCCC1CCN(CC2CCOc3ccccc32)CC1. The maximum atomic E-state index is 5.76. The highest BCUT2D eigenvalue weighted by Gasteiger charge is 2.25. The topological polar surface area (TPSA) is 38.5 Å². The summed E-state index contributed by atoms with van der Waals surface area (Å²) in [5, 5.41) is 0. The Morgan fingerprint density at radius 1 is 1.15 bits per heavy atom. The Balaban J connectivity index is 1.57. The zero-order valence-electron chi connectivity index (χ0n) is 12.3. The molecule has 0 aromatic heterocycles. The highest BCUT2D eigenvalue weighted by Crippen LogP contribution is 2.34. The zero-order valence-corrected chi connectivity index (χ0v) is 12.3. The van der Waals surface area contributed by atoms with Crippen LogP contribution in [0, 0.1) is 5.92 Å². The number of nitrogens with two attached hydrogens (primary N) is 1. The van der Waals surface area contributed by atoms with E-state index in [1.165, 1.54) is 44.5 Å². The Morgan fingerprint density at radius 3 is 2.75 bits per heavy atom. The summed E-state index contributed by atoms with van der Waals surface area (Å²) in [7, 11) is 0. The first-order valence-electron chi connectivity index (χ1n) is 8.01. The summed E-state index contributed by atoms with van der Waals surface area (Å²) in [5.74, 6) is 2.60. The van der Waals surface area contributed by atoms with E-state index in [0.29, 0.717) is 5.92 Å². The minimum Gasteiger partial charge on any atom is -0.493 e. The van der Waals surface area contributed by atoms with Crippen LogP contribution >= 0.6 is 0 Å². The van der Waals surface area contributed by atoms with Crippen LogP contribution in [0.4, 0.5) is 0 Å². The maximum absolute atomic E-state index is 5.76. The molecule has 1 aromatic carbocycles. The molecule has 1 unspecified atom stereocenters. The molecular weight excluding hydrogens is 248 g/mol. The first-order valence-corrected chi connectivity index (χ1v) is 8.01. The third-order valence-electron chi connectivity index (χ3n) is 4.84. The molecule has 1 aromatic rings. The molecule has 3 rings (SSSR count). The molecule has 0 radical (unpaired) electrons. The standard InChI is InChI=1S/C17H26N2O/c18-9-5-14-6-10-19(11-7-14)13-15-8-12-20-17-4-2-1-3-16(15)17/h1-4,14-15H,5-13,18H2. The average molecular weight is 274 g/mol. The van der Waals surface area contributed by atoms with Crippen molar-refractivity contribution in [3.63, 3.8) is 0 Å². The van der Waals surface area contributed by atoms with Crippen molar-refractivity contribution >= 4 is 0 Å². The Bertz CT molecular complexity index is 427. The van der Waals surface area contributed by atoms with E-state index in [0.717, 1.165) is 31.2 Å². The number of benzene rings is 1. The molecule has 20 heavy (non-hydrogen) atoms. The van der Waals surface area contributed by atoms with E-state index in [2.05, 4.69) is 29.2 Å². The smallest absolute Gasteiger partial charge is 0.122 e. The molecule has 0 saturated carbocycles. The molecule has 1 atom stereocenters. The van der Waals surface area contributed by atoms with Gasteiger partial charge in [0.2, 0.25) is 0 Å². The van der Waals surface area contributed by atoms with Gasteiger partial charge in [-0.3, -0.25) is 0 Å². The second-order valence-corrected chi connectivity index (χ2v) is 6.19. The largest absolute Gasteiger partial charge is 0.493 e. The quantitative estimate of drug-likeness (QED) is 0.917. The Hall–Kier alpha value is -1.06. The lowest BCUT2D eigenvalue weighted by Gasteiger charge is -2.36. The van der Waals surface area contributed by atoms with Crippen molar-refractivity contribution in [1.82, 2.24) is 4.90 Å². The molecule has 0 amide bonds. The van der Waals surface area contributed by atoms with Crippen molar-refractivity contribution in [1.29, 1.82) is 0 Å². The number of rotatable bonds is 4. The van der Waals surface area contributed by atoms with E-state index in [1.807, 2.05) is 0 Å². The van der Waals surface area contributed by atoms with Gasteiger partial charge in [0.05, 0.1) is 6.61 Å². The molecular formula is C17H26N2O. The Morgan fingerprint density at radius 2 is 1.95 bits per heavy atom. The molecule has 2 N–H and O–H groups in total. The first-order chi connectivity index (χ1) is 9.86. The summed E-state index contributed by atoms with van der Waals surface area (Å²) < 4.78 is 5.76. The number of ether oxygens (including phenoxy) is 1. The fourth-order valence-electron chi connectivity index (χ4n) is 3.61. The lowest BCUT2D eigenvalue weighted by atomic mass is 9.90. The van der Waals surface area contributed by atoms with Gasteiger partial charge in [0.25, 0.3) is 0 Å². The van der Waals surface area contributed by atoms with E-state index in [1.54, 1.807) is 0 Å². The Labute approximate surface area is 122 Å². The van der Waals surface area contributed by atoms with Crippen molar-refractivity contribution in [2.75, 3.05) is 32.8 Å². The van der Waals surface area contributed by atoms with E-state index in [-0.39, 0.29) is 0 Å². The van der Waals surface area contributed by atoms with Crippen LogP contribution in [0.1, 0.15) is 37.2 Å². The van der Waals surface area contributed by atoms with Gasteiger partial charge in [-0.25, -0.2) is 0 Å². The van der Waals surface area contributed by atoms with Crippen molar-refractivity contribution in [3.05, 3.63) is 29.8 Å². The van der Waals surface area contributed by atoms with Gasteiger partial charge in [-0.1, -0.05) is 18.2 Å². The van der Waals surface area contributed by atoms with E-state index >= 15 is 0 Å². The maximum Gasteiger partial charge on any atom is 0.122 e. The van der Waals surface area contributed by atoms with Crippen molar-refractivity contribution in [2.24, 2.45) is 11.7 Å². The van der Waals surface area contributed by atoms with Gasteiger partial charge in [0, 0.05) is 12.5 Å². The summed E-state index contributed by atoms with van der Waals surface area (Å²) in [6.07, 6.45) is 5.00. The normalized spacial score (nSPS) is 24.1. The highest BCUT2D eigenvalue weighted by molar-refractivity contribution is 5.37. The molecule has 0 aliphatic carbocycles. The number of likely N-dealkylation sites (tertiary alicyclic amines) is 1. The molecule has 1 fully saturated rings. The molecule has 1 saturated heterocycles. The number of fused-ring (bicyclic) bond motifs is 1. The molecule has 110 valence electrons. The average Bonchev–Trinajstić information content (AvgIpc) is 2.50. The van der Waals surface area contributed by atoms with E-state index in [4.69, 9.17) is 10.5 Å². The molecule has 3 heteroatoms. The monoisotopic (exact) mass is 274 g/mol. The van der Waals surface area contributed by atoms with Gasteiger partial charge >= 0.3 is 0 Å². The number of para-hydroxylation sites is 1. The summed E-state index contributed by atoms with van der Waals surface area (Å²) in [6, 6.07) is 8.54. The highest BCUT2D eigenvalue weighted by atomic mass is 16.5. The van der Waals surface area contributed by atoms with E-state index < -0.39 is 0 Å². The van der Waals surface area contributed by atoms with Crippen LogP contribution in [-0.4, -0.2) is 37.7 Å².